The molecule has 208 valence electrons. The summed E-state index contributed by atoms with van der Waals surface area (Å²) in [5.74, 6) is -0.418. The van der Waals surface area contributed by atoms with Gasteiger partial charge in [0.15, 0.2) is 0 Å². The second-order valence-electron chi connectivity index (χ2n) is 10.2. The van der Waals surface area contributed by atoms with E-state index in [1.807, 2.05) is 47.2 Å². The van der Waals surface area contributed by atoms with Gasteiger partial charge in [0.05, 0.1) is 22.4 Å². The molecule has 0 bridgehead atoms. The van der Waals surface area contributed by atoms with Crippen molar-refractivity contribution >= 4 is 36.9 Å². The predicted octanol–water partition coefficient (Wildman–Crippen LogP) is 5.10. The summed E-state index contributed by atoms with van der Waals surface area (Å²) in [6, 6.07) is 28.5. The Morgan fingerprint density at radius 1 is 0.878 bits per heavy atom. The van der Waals surface area contributed by atoms with Crippen LogP contribution in [-0.4, -0.2) is 38.0 Å². The topological polar surface area (TPSA) is 115 Å². The molecule has 2 aromatic heterocycles. The molecule has 1 amide bonds. The molecule has 10 heteroatoms. The van der Waals surface area contributed by atoms with Gasteiger partial charge in [-0.05, 0) is 65.8 Å². The standard InChI is InChI=1S/C31H27N3O5S2/c1-40(36,37)33-31(35)28-14-8-11-24(32-28)20-27-26-18-17-23(21-15-16-21)19-29(26)34(30(27)22-9-4-2-5-10-22)41(38,39)25-12-6-3-7-13-25/h2-14,17-19,21H,15-16,20H2,1H3,(H,33,35). The first-order valence-corrected chi connectivity index (χ1v) is 16.5. The lowest BCUT2D eigenvalue weighted by atomic mass is 9.99. The molecule has 0 atom stereocenters. The molecule has 8 nitrogen and oxygen atoms in total. The monoisotopic (exact) mass is 585 g/mol. The highest BCUT2D eigenvalue weighted by Gasteiger charge is 2.30. The maximum absolute atomic E-state index is 14.3. The summed E-state index contributed by atoms with van der Waals surface area (Å²) in [6.07, 6.45) is 3.25. The van der Waals surface area contributed by atoms with E-state index in [2.05, 4.69) is 11.1 Å². The lowest BCUT2D eigenvalue weighted by Gasteiger charge is -2.14. The van der Waals surface area contributed by atoms with E-state index in [4.69, 9.17) is 0 Å². The molecular formula is C31H27N3O5S2. The van der Waals surface area contributed by atoms with Crippen molar-refractivity contribution in [1.82, 2.24) is 13.7 Å². The number of carbonyl (C=O) groups excluding carboxylic acids is 1. The summed E-state index contributed by atoms with van der Waals surface area (Å²) < 4.78 is 55.2. The third-order valence-corrected chi connectivity index (χ3v) is 9.39. The predicted molar refractivity (Wildman–Crippen MR) is 158 cm³/mol. The fraction of sp³-hybridized carbons (Fsp3) is 0.161. The second-order valence-corrected chi connectivity index (χ2v) is 13.8. The van der Waals surface area contributed by atoms with Gasteiger partial charge in [-0.15, -0.1) is 0 Å². The Hall–Kier alpha value is -4.28. The van der Waals surface area contributed by atoms with Crippen LogP contribution in [-0.2, 0) is 26.5 Å². The highest BCUT2D eigenvalue weighted by molar-refractivity contribution is 7.90. The number of sulfonamides is 1. The summed E-state index contributed by atoms with van der Waals surface area (Å²) in [4.78, 5) is 17.1. The first-order chi connectivity index (χ1) is 19.6. The first-order valence-electron chi connectivity index (χ1n) is 13.1. The molecule has 1 N–H and O–H groups in total. The number of rotatable bonds is 8. The molecule has 1 aliphatic rings. The van der Waals surface area contributed by atoms with Crippen molar-refractivity contribution in [3.05, 3.63) is 120 Å². The van der Waals surface area contributed by atoms with E-state index in [1.54, 1.807) is 42.5 Å². The largest absolute Gasteiger partial charge is 0.283 e. The molecule has 0 saturated heterocycles. The normalized spacial score (nSPS) is 13.8. The number of nitrogens with one attached hydrogen (secondary N) is 1. The number of nitrogens with zero attached hydrogens (tertiary/aromatic N) is 2. The van der Waals surface area contributed by atoms with Crippen molar-refractivity contribution in [2.75, 3.05) is 6.26 Å². The van der Waals surface area contributed by atoms with Gasteiger partial charge < -0.3 is 0 Å². The Kier molecular flexibility index (Phi) is 6.75. The Morgan fingerprint density at radius 3 is 2.22 bits per heavy atom. The van der Waals surface area contributed by atoms with Crippen LogP contribution in [0.25, 0.3) is 22.2 Å². The Bertz CT molecular complexity index is 2000. The van der Waals surface area contributed by atoms with Crippen LogP contribution in [0, 0.1) is 0 Å². The van der Waals surface area contributed by atoms with E-state index >= 15 is 0 Å². The van der Waals surface area contributed by atoms with Gasteiger partial charge in [0.2, 0.25) is 10.0 Å². The van der Waals surface area contributed by atoms with Crippen LogP contribution in [0.5, 0.6) is 0 Å². The molecule has 3 aromatic carbocycles. The van der Waals surface area contributed by atoms with Gasteiger partial charge >= 0.3 is 0 Å². The average Bonchev–Trinajstić information content (AvgIpc) is 3.76. The van der Waals surface area contributed by atoms with Crippen LogP contribution in [0.15, 0.2) is 102 Å². The molecule has 5 aromatic rings. The molecule has 2 heterocycles. The maximum atomic E-state index is 14.3. The number of pyridine rings is 1. The molecule has 0 aliphatic heterocycles. The minimum Gasteiger partial charge on any atom is -0.266 e. The van der Waals surface area contributed by atoms with Gasteiger partial charge in [-0.3, -0.25) is 4.79 Å². The molecule has 1 fully saturated rings. The quantitative estimate of drug-likeness (QED) is 0.271. The van der Waals surface area contributed by atoms with E-state index < -0.39 is 26.0 Å². The minimum atomic E-state index is -4.01. The van der Waals surface area contributed by atoms with Crippen molar-refractivity contribution < 1.29 is 21.6 Å². The maximum Gasteiger partial charge on any atom is 0.283 e. The third kappa shape index (κ3) is 5.40. The van der Waals surface area contributed by atoms with Gasteiger partial charge in [0, 0.05) is 17.5 Å². The van der Waals surface area contributed by atoms with E-state index in [-0.39, 0.29) is 17.0 Å². The molecule has 41 heavy (non-hydrogen) atoms. The van der Waals surface area contributed by atoms with Crippen LogP contribution in [0.4, 0.5) is 0 Å². The summed E-state index contributed by atoms with van der Waals surface area (Å²) >= 11 is 0. The van der Waals surface area contributed by atoms with Crippen molar-refractivity contribution in [3.63, 3.8) is 0 Å². The van der Waals surface area contributed by atoms with Gasteiger partial charge in [0.1, 0.15) is 5.69 Å². The summed E-state index contributed by atoms with van der Waals surface area (Å²) in [7, 11) is -7.78. The number of hydrogen-bond acceptors (Lipinski definition) is 6. The molecule has 1 saturated carbocycles. The molecule has 0 unspecified atom stereocenters. The van der Waals surface area contributed by atoms with E-state index in [1.165, 1.54) is 10.0 Å². The molecular weight excluding hydrogens is 558 g/mol. The molecule has 0 spiro atoms. The average molecular weight is 586 g/mol. The van der Waals surface area contributed by atoms with Crippen LogP contribution in [0.2, 0.25) is 0 Å². The molecule has 0 radical (unpaired) electrons. The lowest BCUT2D eigenvalue weighted by molar-refractivity contribution is 0.0976. The van der Waals surface area contributed by atoms with Crippen LogP contribution in [0.3, 0.4) is 0 Å². The number of carbonyl (C=O) groups is 1. The van der Waals surface area contributed by atoms with Crippen LogP contribution in [0.1, 0.15) is 46.1 Å². The number of benzene rings is 3. The number of hydrogen-bond donors (Lipinski definition) is 1. The first kappa shape index (κ1) is 26.9. The van der Waals surface area contributed by atoms with Crippen LogP contribution < -0.4 is 4.72 Å². The van der Waals surface area contributed by atoms with Crippen LogP contribution >= 0.6 is 0 Å². The van der Waals surface area contributed by atoms with Crippen molar-refractivity contribution in [2.24, 2.45) is 0 Å². The summed E-state index contributed by atoms with van der Waals surface area (Å²) in [5, 5.41) is 0.764. The van der Waals surface area contributed by atoms with Gasteiger partial charge in [-0.1, -0.05) is 66.7 Å². The summed E-state index contributed by atoms with van der Waals surface area (Å²) in [5.41, 5.74) is 4.10. The fourth-order valence-corrected chi connectivity index (χ4v) is 7.15. The zero-order valence-corrected chi connectivity index (χ0v) is 23.8. The third-order valence-electron chi connectivity index (χ3n) is 7.11. The Morgan fingerprint density at radius 2 is 1.56 bits per heavy atom. The number of fused-ring (bicyclic) bond motifs is 1. The second kappa shape index (κ2) is 10.3. The Balaban J connectivity index is 1.60. The number of amides is 1. The Labute approximate surface area is 238 Å². The highest BCUT2D eigenvalue weighted by atomic mass is 32.2. The van der Waals surface area contributed by atoms with E-state index in [0.717, 1.165) is 41.2 Å². The van der Waals surface area contributed by atoms with Gasteiger partial charge in [-0.25, -0.2) is 30.5 Å². The summed E-state index contributed by atoms with van der Waals surface area (Å²) in [6.45, 7) is 0. The smallest absolute Gasteiger partial charge is 0.266 e. The zero-order chi connectivity index (χ0) is 28.8. The zero-order valence-electron chi connectivity index (χ0n) is 22.2. The van der Waals surface area contributed by atoms with Gasteiger partial charge in [-0.2, -0.15) is 0 Å². The van der Waals surface area contributed by atoms with Crippen molar-refractivity contribution in [3.8, 4) is 11.3 Å². The fourth-order valence-electron chi connectivity index (χ4n) is 5.13. The lowest BCUT2D eigenvalue weighted by Crippen LogP contribution is -2.30. The van der Waals surface area contributed by atoms with Gasteiger partial charge in [0.25, 0.3) is 15.9 Å². The minimum absolute atomic E-state index is 0.0501. The molecule has 6 rings (SSSR count). The SMILES string of the molecule is CS(=O)(=O)NC(=O)c1cccc(Cc2c(-c3ccccc3)n(S(=O)(=O)c3ccccc3)c3cc(C4CC4)ccc23)n1. The highest BCUT2D eigenvalue weighted by Crippen LogP contribution is 2.44. The van der Waals surface area contributed by atoms with E-state index in [0.29, 0.717) is 22.8 Å². The van der Waals surface area contributed by atoms with E-state index in [9.17, 15) is 21.6 Å². The molecule has 1 aliphatic carbocycles. The number of aromatic nitrogens is 2. The van der Waals surface area contributed by atoms with Crippen molar-refractivity contribution in [2.45, 2.75) is 30.1 Å². The van der Waals surface area contributed by atoms with Crippen molar-refractivity contribution in [1.29, 1.82) is 0 Å².